The van der Waals surface area contributed by atoms with E-state index in [9.17, 15) is 18.4 Å². The van der Waals surface area contributed by atoms with Crippen LogP contribution in [0.25, 0.3) is 0 Å². The summed E-state index contributed by atoms with van der Waals surface area (Å²) in [5.74, 6) is -1.27. The Kier molecular flexibility index (Phi) is 6.01. The molecule has 0 saturated heterocycles. The summed E-state index contributed by atoms with van der Waals surface area (Å²) in [6.45, 7) is -3.31. The van der Waals surface area contributed by atoms with Crippen molar-refractivity contribution in [2.75, 3.05) is 11.9 Å². The van der Waals surface area contributed by atoms with Gasteiger partial charge in [0.25, 0.3) is 5.91 Å². The van der Waals surface area contributed by atoms with Crippen LogP contribution in [0.2, 0.25) is 0 Å². The highest BCUT2D eigenvalue weighted by atomic mass is 19.3. The minimum atomic E-state index is -3.04. The number of nitrogens with one attached hydrogen (secondary N) is 2. The number of benzene rings is 2. The molecule has 0 heterocycles. The normalized spacial score (nSPS) is 13.0. The molecule has 7 heteroatoms. The molecule has 3 rings (SSSR count). The second kappa shape index (κ2) is 8.62. The lowest BCUT2D eigenvalue weighted by Crippen LogP contribution is -2.33. The molecule has 5 nitrogen and oxygen atoms in total. The molecule has 0 unspecified atom stereocenters. The van der Waals surface area contributed by atoms with E-state index >= 15 is 0 Å². The number of para-hydroxylation sites is 1. The van der Waals surface area contributed by atoms with Gasteiger partial charge < -0.3 is 15.4 Å². The van der Waals surface area contributed by atoms with Crippen LogP contribution in [-0.2, 0) is 17.6 Å². The van der Waals surface area contributed by atoms with Crippen LogP contribution in [0.5, 0.6) is 5.75 Å². The van der Waals surface area contributed by atoms with E-state index in [2.05, 4.69) is 21.4 Å². The summed E-state index contributed by atoms with van der Waals surface area (Å²) in [5, 5.41) is 5.26. The summed E-state index contributed by atoms with van der Waals surface area (Å²) in [6, 6.07) is 11.5. The number of alkyl halides is 2. The van der Waals surface area contributed by atoms with E-state index in [0.717, 1.165) is 36.9 Å². The topological polar surface area (TPSA) is 67.4 Å². The summed E-state index contributed by atoms with van der Waals surface area (Å²) in [6.07, 6.45) is 4.13. The Labute approximate surface area is 155 Å². The van der Waals surface area contributed by atoms with Gasteiger partial charge in [-0.05, 0) is 55.0 Å². The second-order valence-corrected chi connectivity index (χ2v) is 6.26. The number of carbonyl (C=O) groups is 2. The molecule has 1 aliphatic carbocycles. The quantitative estimate of drug-likeness (QED) is 0.813. The smallest absolute Gasteiger partial charge is 0.387 e. The third kappa shape index (κ3) is 4.81. The van der Waals surface area contributed by atoms with Crippen LogP contribution < -0.4 is 15.4 Å². The molecule has 2 amide bonds. The van der Waals surface area contributed by atoms with Gasteiger partial charge in [0.15, 0.2) is 0 Å². The van der Waals surface area contributed by atoms with Crippen LogP contribution in [0, 0.1) is 0 Å². The number of amides is 2. The van der Waals surface area contributed by atoms with Gasteiger partial charge in [0.2, 0.25) is 5.91 Å². The highest BCUT2D eigenvalue weighted by molar-refractivity contribution is 6.01. The number of aryl methyl sites for hydroxylation is 1. The molecule has 0 bridgehead atoms. The van der Waals surface area contributed by atoms with Crippen LogP contribution in [0.3, 0.4) is 0 Å². The predicted octanol–water partition coefficient (Wildman–Crippen LogP) is 3.54. The Morgan fingerprint density at radius 1 is 1.04 bits per heavy atom. The standard InChI is InChI=1S/C20H20F2N2O3/c21-20(22)27-17-11-4-3-9-15(17)19(26)23-12-18(25)24-16-10-5-7-13-6-1-2-8-14(13)16/h3-5,7,9-11,20H,1-2,6,8,12H2,(H,23,26)(H,24,25). The number of rotatable bonds is 6. The molecule has 2 N–H and O–H groups in total. The maximum Gasteiger partial charge on any atom is 0.387 e. The first-order valence-corrected chi connectivity index (χ1v) is 8.77. The van der Waals surface area contributed by atoms with Crippen molar-refractivity contribution < 1.29 is 23.1 Å². The van der Waals surface area contributed by atoms with Gasteiger partial charge in [-0.1, -0.05) is 24.3 Å². The number of ether oxygens (including phenoxy) is 1. The zero-order valence-electron chi connectivity index (χ0n) is 14.6. The first kappa shape index (κ1) is 18.8. The lowest BCUT2D eigenvalue weighted by atomic mass is 9.90. The Morgan fingerprint density at radius 2 is 1.81 bits per heavy atom. The molecule has 1 aliphatic rings. The molecule has 0 atom stereocenters. The van der Waals surface area contributed by atoms with Gasteiger partial charge >= 0.3 is 6.61 Å². The van der Waals surface area contributed by atoms with Crippen LogP contribution >= 0.6 is 0 Å². The van der Waals surface area contributed by atoms with Gasteiger partial charge in [-0.3, -0.25) is 9.59 Å². The summed E-state index contributed by atoms with van der Waals surface area (Å²) < 4.78 is 29.2. The molecule has 0 saturated carbocycles. The molecule has 142 valence electrons. The Bertz CT molecular complexity index is 840. The van der Waals surface area contributed by atoms with E-state index in [1.54, 1.807) is 0 Å². The van der Waals surface area contributed by atoms with Gasteiger partial charge in [0, 0.05) is 5.69 Å². The lowest BCUT2D eigenvalue weighted by Gasteiger charge is -2.19. The molecule has 2 aromatic carbocycles. The Balaban J connectivity index is 1.61. The minimum absolute atomic E-state index is 0.0531. The number of fused-ring (bicyclic) bond motifs is 1. The first-order valence-electron chi connectivity index (χ1n) is 8.77. The van der Waals surface area contributed by atoms with Crippen LogP contribution in [0.15, 0.2) is 42.5 Å². The summed E-state index contributed by atoms with van der Waals surface area (Å²) in [7, 11) is 0. The highest BCUT2D eigenvalue weighted by Gasteiger charge is 2.17. The molecule has 2 aromatic rings. The van der Waals surface area contributed by atoms with Gasteiger partial charge in [-0.15, -0.1) is 0 Å². The molecule has 0 radical (unpaired) electrons. The van der Waals surface area contributed by atoms with E-state index in [4.69, 9.17) is 0 Å². The van der Waals surface area contributed by atoms with Crippen molar-refractivity contribution in [3.05, 3.63) is 59.2 Å². The Morgan fingerprint density at radius 3 is 2.63 bits per heavy atom. The van der Waals surface area contributed by atoms with Crippen molar-refractivity contribution in [3.63, 3.8) is 0 Å². The fourth-order valence-electron chi connectivity index (χ4n) is 3.20. The van der Waals surface area contributed by atoms with Crippen molar-refractivity contribution in [1.82, 2.24) is 5.32 Å². The fraction of sp³-hybridized carbons (Fsp3) is 0.300. The third-order valence-corrected chi connectivity index (χ3v) is 4.43. The maximum absolute atomic E-state index is 12.4. The van der Waals surface area contributed by atoms with Gasteiger partial charge in [0.05, 0.1) is 12.1 Å². The van der Waals surface area contributed by atoms with Gasteiger partial charge in [-0.25, -0.2) is 0 Å². The SMILES string of the molecule is O=C(CNC(=O)c1ccccc1OC(F)F)Nc1cccc2c1CCCC2. The largest absolute Gasteiger partial charge is 0.434 e. The first-order chi connectivity index (χ1) is 13.0. The molecule has 27 heavy (non-hydrogen) atoms. The molecule has 0 aromatic heterocycles. The van der Waals surface area contributed by atoms with Crippen LogP contribution in [0.1, 0.15) is 34.3 Å². The number of anilines is 1. The van der Waals surface area contributed by atoms with E-state index in [-0.39, 0.29) is 23.8 Å². The monoisotopic (exact) mass is 374 g/mol. The minimum Gasteiger partial charge on any atom is -0.434 e. The van der Waals surface area contributed by atoms with Crippen molar-refractivity contribution >= 4 is 17.5 Å². The van der Waals surface area contributed by atoms with E-state index in [1.165, 1.54) is 29.8 Å². The summed E-state index contributed by atoms with van der Waals surface area (Å²) in [5.41, 5.74) is 3.08. The average molecular weight is 374 g/mol. The van der Waals surface area contributed by atoms with Crippen LogP contribution in [0.4, 0.5) is 14.5 Å². The molecular formula is C20H20F2N2O3. The van der Waals surface area contributed by atoms with E-state index in [1.807, 2.05) is 12.1 Å². The number of halogens is 2. The van der Waals surface area contributed by atoms with Crippen LogP contribution in [-0.4, -0.2) is 25.0 Å². The molecular weight excluding hydrogens is 354 g/mol. The summed E-state index contributed by atoms with van der Waals surface area (Å²) >= 11 is 0. The van der Waals surface area contributed by atoms with Crippen molar-refractivity contribution in [1.29, 1.82) is 0 Å². The zero-order valence-corrected chi connectivity index (χ0v) is 14.6. The lowest BCUT2D eigenvalue weighted by molar-refractivity contribution is -0.115. The third-order valence-electron chi connectivity index (χ3n) is 4.43. The molecule has 0 fully saturated rings. The predicted molar refractivity (Wildman–Crippen MR) is 97.1 cm³/mol. The van der Waals surface area contributed by atoms with Crippen molar-refractivity contribution in [2.45, 2.75) is 32.3 Å². The van der Waals surface area contributed by atoms with Gasteiger partial charge in [-0.2, -0.15) is 8.78 Å². The number of carbonyl (C=O) groups excluding carboxylic acids is 2. The van der Waals surface area contributed by atoms with Gasteiger partial charge in [0.1, 0.15) is 5.75 Å². The van der Waals surface area contributed by atoms with E-state index in [0.29, 0.717) is 0 Å². The maximum atomic E-state index is 12.4. The molecule has 0 aliphatic heterocycles. The molecule has 0 spiro atoms. The number of hydrogen-bond acceptors (Lipinski definition) is 3. The second-order valence-electron chi connectivity index (χ2n) is 6.26. The fourth-order valence-corrected chi connectivity index (χ4v) is 3.20. The number of hydrogen-bond donors (Lipinski definition) is 2. The summed E-state index contributed by atoms with van der Waals surface area (Å²) in [4.78, 5) is 24.4. The zero-order chi connectivity index (χ0) is 19.2. The Hall–Kier alpha value is -2.96. The highest BCUT2D eigenvalue weighted by Crippen LogP contribution is 2.27. The van der Waals surface area contributed by atoms with E-state index < -0.39 is 12.5 Å². The van der Waals surface area contributed by atoms with Crippen molar-refractivity contribution in [2.24, 2.45) is 0 Å². The van der Waals surface area contributed by atoms with Crippen molar-refractivity contribution in [3.8, 4) is 5.75 Å². The average Bonchev–Trinajstić information content (AvgIpc) is 2.66.